The smallest absolute Gasteiger partial charge is 0.0149 e. The monoisotopic (exact) mass is 334 g/mol. The Hall–Kier alpha value is -1.56. The van der Waals surface area contributed by atoms with E-state index < -0.39 is 0 Å². The second-order valence-electron chi connectivity index (χ2n) is 8.04. The molecule has 0 aromatic heterocycles. The first-order valence-corrected chi connectivity index (χ1v) is 10.4. The maximum Gasteiger partial charge on any atom is -0.0149 e. The van der Waals surface area contributed by atoms with E-state index in [9.17, 15) is 0 Å². The molecule has 0 unspecified atom stereocenters. The van der Waals surface area contributed by atoms with Crippen LogP contribution in [0, 0.1) is 5.41 Å². The molecule has 0 N–H and O–H groups in total. The molecular formula is C25H34. The topological polar surface area (TPSA) is 0 Å². The molecule has 0 saturated heterocycles. The molecule has 1 aliphatic rings. The number of hydrogen-bond donors (Lipinski definition) is 0. The highest BCUT2D eigenvalue weighted by atomic mass is 14.4. The molecule has 3 rings (SSSR count). The van der Waals surface area contributed by atoms with Crippen molar-refractivity contribution in [2.24, 2.45) is 5.41 Å². The van der Waals surface area contributed by atoms with Crippen molar-refractivity contribution in [1.82, 2.24) is 0 Å². The molecule has 0 aliphatic heterocycles. The highest BCUT2D eigenvalue weighted by Gasteiger charge is 2.34. The van der Waals surface area contributed by atoms with Gasteiger partial charge in [-0.15, -0.1) is 0 Å². The Morgan fingerprint density at radius 1 is 0.840 bits per heavy atom. The van der Waals surface area contributed by atoms with Gasteiger partial charge >= 0.3 is 0 Å². The quantitative estimate of drug-likeness (QED) is 0.450. The molecule has 0 bridgehead atoms. The van der Waals surface area contributed by atoms with Crippen LogP contribution in [0.3, 0.4) is 0 Å². The SMILES string of the molecule is CCCCCC1(CC)CCC(c2ccccc2-c2ccccc2)CC1. The molecule has 0 heteroatoms. The van der Waals surface area contributed by atoms with Crippen LogP contribution in [-0.2, 0) is 0 Å². The minimum Gasteiger partial charge on any atom is -0.0654 e. The fourth-order valence-corrected chi connectivity index (χ4v) is 4.81. The predicted octanol–water partition coefficient (Wildman–Crippen LogP) is 7.99. The van der Waals surface area contributed by atoms with E-state index in [1.54, 1.807) is 5.56 Å². The van der Waals surface area contributed by atoms with Crippen LogP contribution in [0.25, 0.3) is 11.1 Å². The van der Waals surface area contributed by atoms with Gasteiger partial charge in [0.25, 0.3) is 0 Å². The number of benzene rings is 2. The Kier molecular flexibility index (Phi) is 6.34. The van der Waals surface area contributed by atoms with Crippen molar-refractivity contribution in [1.29, 1.82) is 0 Å². The van der Waals surface area contributed by atoms with Crippen LogP contribution in [0.5, 0.6) is 0 Å². The summed E-state index contributed by atoms with van der Waals surface area (Å²) < 4.78 is 0. The predicted molar refractivity (Wildman–Crippen MR) is 110 cm³/mol. The van der Waals surface area contributed by atoms with Gasteiger partial charge < -0.3 is 0 Å². The van der Waals surface area contributed by atoms with E-state index in [1.165, 1.54) is 68.9 Å². The summed E-state index contributed by atoms with van der Waals surface area (Å²) in [5, 5.41) is 0. The standard InChI is InChI=1S/C25H34/c1-3-5-11-18-25(4-2)19-16-22(17-20-25)24-15-10-9-14-23(24)21-12-7-6-8-13-21/h6-10,12-15,22H,3-5,11,16-20H2,1-2H3. The first kappa shape index (κ1) is 18.2. The first-order chi connectivity index (χ1) is 12.3. The zero-order valence-corrected chi connectivity index (χ0v) is 16.1. The summed E-state index contributed by atoms with van der Waals surface area (Å²) in [5.74, 6) is 0.738. The van der Waals surface area contributed by atoms with Crippen LogP contribution >= 0.6 is 0 Å². The van der Waals surface area contributed by atoms with Crippen LogP contribution in [-0.4, -0.2) is 0 Å². The van der Waals surface area contributed by atoms with E-state index >= 15 is 0 Å². The van der Waals surface area contributed by atoms with Crippen LogP contribution < -0.4 is 0 Å². The van der Waals surface area contributed by atoms with E-state index in [4.69, 9.17) is 0 Å². The molecule has 0 atom stereocenters. The van der Waals surface area contributed by atoms with Crippen LogP contribution in [0.1, 0.15) is 83.1 Å². The number of hydrogen-bond acceptors (Lipinski definition) is 0. The molecule has 0 spiro atoms. The molecule has 0 radical (unpaired) electrons. The summed E-state index contributed by atoms with van der Waals surface area (Å²) >= 11 is 0. The van der Waals surface area contributed by atoms with Crippen molar-refractivity contribution in [3.05, 3.63) is 60.2 Å². The van der Waals surface area contributed by atoms with Crippen molar-refractivity contribution >= 4 is 0 Å². The third-order valence-electron chi connectivity index (χ3n) is 6.59. The van der Waals surface area contributed by atoms with Crippen molar-refractivity contribution in [2.45, 2.75) is 77.6 Å². The molecule has 25 heavy (non-hydrogen) atoms. The maximum absolute atomic E-state index is 2.42. The summed E-state index contributed by atoms with van der Waals surface area (Å²) in [6.07, 6.45) is 12.5. The lowest BCUT2D eigenvalue weighted by atomic mass is 9.65. The summed E-state index contributed by atoms with van der Waals surface area (Å²) in [4.78, 5) is 0. The average Bonchev–Trinajstić information content (AvgIpc) is 2.69. The summed E-state index contributed by atoms with van der Waals surface area (Å²) in [5.41, 5.74) is 5.02. The van der Waals surface area contributed by atoms with Gasteiger partial charge in [-0.05, 0) is 60.1 Å². The fraction of sp³-hybridized carbons (Fsp3) is 0.520. The van der Waals surface area contributed by atoms with E-state index in [1.807, 2.05) is 0 Å². The Balaban J connectivity index is 1.73. The highest BCUT2D eigenvalue weighted by Crippen LogP contribution is 2.49. The molecule has 1 fully saturated rings. The first-order valence-electron chi connectivity index (χ1n) is 10.4. The van der Waals surface area contributed by atoms with Gasteiger partial charge in [0.2, 0.25) is 0 Å². The van der Waals surface area contributed by atoms with Gasteiger partial charge in [0, 0.05) is 0 Å². The molecule has 1 aliphatic carbocycles. The lowest BCUT2D eigenvalue weighted by Crippen LogP contribution is -2.26. The third-order valence-corrected chi connectivity index (χ3v) is 6.59. The normalized spacial score (nSPS) is 23.5. The summed E-state index contributed by atoms with van der Waals surface area (Å²) in [7, 11) is 0. The molecule has 2 aromatic carbocycles. The second kappa shape index (κ2) is 8.70. The van der Waals surface area contributed by atoms with E-state index in [2.05, 4.69) is 68.4 Å². The molecule has 1 saturated carbocycles. The zero-order chi connectivity index (χ0) is 17.5. The Labute approximate surface area is 154 Å². The van der Waals surface area contributed by atoms with E-state index in [0.717, 1.165) is 5.92 Å². The summed E-state index contributed by atoms with van der Waals surface area (Å²) in [6, 6.07) is 20.0. The minimum absolute atomic E-state index is 0.632. The Morgan fingerprint density at radius 3 is 2.20 bits per heavy atom. The lowest BCUT2D eigenvalue weighted by molar-refractivity contribution is 0.147. The minimum atomic E-state index is 0.632. The molecule has 134 valence electrons. The van der Waals surface area contributed by atoms with Crippen molar-refractivity contribution in [3.63, 3.8) is 0 Å². The van der Waals surface area contributed by atoms with Crippen LogP contribution in [0.15, 0.2) is 54.6 Å². The van der Waals surface area contributed by atoms with Crippen molar-refractivity contribution in [2.75, 3.05) is 0 Å². The van der Waals surface area contributed by atoms with Crippen molar-refractivity contribution < 1.29 is 0 Å². The third kappa shape index (κ3) is 4.35. The molecule has 0 amide bonds. The van der Waals surface area contributed by atoms with Gasteiger partial charge in [-0.2, -0.15) is 0 Å². The van der Waals surface area contributed by atoms with Gasteiger partial charge in [0.1, 0.15) is 0 Å². The highest BCUT2D eigenvalue weighted by molar-refractivity contribution is 5.68. The molecule has 0 nitrogen and oxygen atoms in total. The van der Waals surface area contributed by atoms with Gasteiger partial charge in [-0.1, -0.05) is 94.1 Å². The largest absolute Gasteiger partial charge is 0.0654 e. The zero-order valence-electron chi connectivity index (χ0n) is 16.1. The lowest BCUT2D eigenvalue weighted by Gasteiger charge is -2.40. The second-order valence-corrected chi connectivity index (χ2v) is 8.04. The van der Waals surface area contributed by atoms with E-state index in [-0.39, 0.29) is 0 Å². The maximum atomic E-state index is 2.42. The summed E-state index contributed by atoms with van der Waals surface area (Å²) in [6.45, 7) is 4.74. The number of unbranched alkanes of at least 4 members (excludes halogenated alkanes) is 2. The number of rotatable bonds is 7. The van der Waals surface area contributed by atoms with E-state index in [0.29, 0.717) is 5.41 Å². The Morgan fingerprint density at radius 2 is 1.52 bits per heavy atom. The fourth-order valence-electron chi connectivity index (χ4n) is 4.81. The van der Waals surface area contributed by atoms with Gasteiger partial charge in [0.05, 0.1) is 0 Å². The van der Waals surface area contributed by atoms with Crippen LogP contribution in [0.2, 0.25) is 0 Å². The van der Waals surface area contributed by atoms with Gasteiger partial charge in [-0.3, -0.25) is 0 Å². The molecule has 2 aromatic rings. The molecular weight excluding hydrogens is 300 g/mol. The average molecular weight is 335 g/mol. The Bertz CT molecular complexity index is 632. The van der Waals surface area contributed by atoms with Gasteiger partial charge in [0.15, 0.2) is 0 Å². The van der Waals surface area contributed by atoms with Crippen LogP contribution in [0.4, 0.5) is 0 Å². The van der Waals surface area contributed by atoms with Gasteiger partial charge in [-0.25, -0.2) is 0 Å². The molecule has 0 heterocycles. The van der Waals surface area contributed by atoms with Crippen molar-refractivity contribution in [3.8, 4) is 11.1 Å².